The quantitative estimate of drug-likeness (QED) is 0.783. The Bertz CT molecular complexity index is 896. The number of nitrogens with zero attached hydrogens (tertiary/aromatic N) is 3. The molecule has 0 saturated heterocycles. The summed E-state index contributed by atoms with van der Waals surface area (Å²) in [5, 5.41) is 7.82. The zero-order valence-electron chi connectivity index (χ0n) is 13.7. The van der Waals surface area contributed by atoms with Crippen molar-refractivity contribution in [3.8, 4) is 5.69 Å². The standard InChI is InChI=1S/C18H19FN4O/c1-13-15(10-20-9-14-3-8-18(24)22(2)11-14)12-23(21-13)17-6-4-16(19)5-7-17/h3-8,11-12,20H,9-10H2,1-2H3. The Morgan fingerprint density at radius 2 is 1.83 bits per heavy atom. The van der Waals surface area contributed by atoms with Crippen LogP contribution in [0.2, 0.25) is 0 Å². The Hall–Kier alpha value is -2.73. The van der Waals surface area contributed by atoms with Crippen molar-refractivity contribution in [2.75, 3.05) is 0 Å². The lowest BCUT2D eigenvalue weighted by Crippen LogP contribution is -2.18. The molecule has 0 amide bonds. The van der Waals surface area contributed by atoms with Gasteiger partial charge in [0.2, 0.25) is 5.56 Å². The van der Waals surface area contributed by atoms with E-state index in [1.54, 1.807) is 34.5 Å². The van der Waals surface area contributed by atoms with Crippen LogP contribution >= 0.6 is 0 Å². The van der Waals surface area contributed by atoms with Gasteiger partial charge in [0, 0.05) is 44.2 Å². The number of halogens is 1. The Balaban J connectivity index is 1.66. The predicted molar refractivity (Wildman–Crippen MR) is 90.5 cm³/mol. The highest BCUT2D eigenvalue weighted by Crippen LogP contribution is 2.12. The molecule has 124 valence electrons. The number of rotatable bonds is 5. The van der Waals surface area contributed by atoms with Crippen molar-refractivity contribution in [3.05, 3.63) is 81.8 Å². The van der Waals surface area contributed by atoms with E-state index in [4.69, 9.17) is 0 Å². The van der Waals surface area contributed by atoms with E-state index in [0.717, 1.165) is 22.5 Å². The molecule has 5 nitrogen and oxygen atoms in total. The van der Waals surface area contributed by atoms with Crippen LogP contribution in [0.5, 0.6) is 0 Å². The first-order valence-electron chi connectivity index (χ1n) is 7.70. The van der Waals surface area contributed by atoms with Crippen LogP contribution in [-0.4, -0.2) is 14.3 Å². The minimum absolute atomic E-state index is 0.0184. The Morgan fingerprint density at radius 3 is 2.54 bits per heavy atom. The third kappa shape index (κ3) is 3.60. The minimum atomic E-state index is -0.262. The average molecular weight is 326 g/mol. The zero-order valence-corrected chi connectivity index (χ0v) is 13.7. The van der Waals surface area contributed by atoms with Crippen LogP contribution in [-0.2, 0) is 20.1 Å². The van der Waals surface area contributed by atoms with Crippen LogP contribution in [0.15, 0.2) is 53.6 Å². The second kappa shape index (κ2) is 6.80. The normalized spacial score (nSPS) is 11.0. The monoisotopic (exact) mass is 326 g/mol. The summed E-state index contributed by atoms with van der Waals surface area (Å²) in [6, 6.07) is 9.62. The minimum Gasteiger partial charge on any atom is -0.318 e. The molecular weight excluding hydrogens is 307 g/mol. The van der Waals surface area contributed by atoms with Crippen molar-refractivity contribution < 1.29 is 4.39 Å². The number of pyridine rings is 1. The van der Waals surface area contributed by atoms with Crippen molar-refractivity contribution in [2.24, 2.45) is 7.05 Å². The maximum atomic E-state index is 13.0. The molecule has 0 aliphatic rings. The van der Waals surface area contributed by atoms with Gasteiger partial charge in [0.25, 0.3) is 0 Å². The van der Waals surface area contributed by atoms with Crippen LogP contribution in [0.25, 0.3) is 5.69 Å². The molecule has 0 unspecified atom stereocenters. The summed E-state index contributed by atoms with van der Waals surface area (Å²) in [5.74, 6) is -0.262. The lowest BCUT2D eigenvalue weighted by molar-refractivity contribution is 0.627. The van der Waals surface area contributed by atoms with Gasteiger partial charge in [-0.05, 0) is 36.8 Å². The fraction of sp³-hybridized carbons (Fsp3) is 0.222. The van der Waals surface area contributed by atoms with Gasteiger partial charge in [-0.25, -0.2) is 9.07 Å². The van der Waals surface area contributed by atoms with Gasteiger partial charge in [-0.15, -0.1) is 0 Å². The lowest BCUT2D eigenvalue weighted by atomic mass is 10.2. The van der Waals surface area contributed by atoms with Gasteiger partial charge in [0.15, 0.2) is 0 Å². The maximum Gasteiger partial charge on any atom is 0.250 e. The highest BCUT2D eigenvalue weighted by molar-refractivity contribution is 5.33. The van der Waals surface area contributed by atoms with Crippen molar-refractivity contribution in [1.82, 2.24) is 19.7 Å². The molecule has 6 heteroatoms. The second-order valence-corrected chi connectivity index (χ2v) is 5.75. The molecule has 0 fully saturated rings. The van der Waals surface area contributed by atoms with E-state index in [0.29, 0.717) is 13.1 Å². The van der Waals surface area contributed by atoms with Gasteiger partial charge in [-0.1, -0.05) is 6.07 Å². The van der Waals surface area contributed by atoms with E-state index in [-0.39, 0.29) is 11.4 Å². The van der Waals surface area contributed by atoms with Crippen molar-refractivity contribution in [2.45, 2.75) is 20.0 Å². The molecule has 3 rings (SSSR count). The van der Waals surface area contributed by atoms with Crippen LogP contribution in [0, 0.1) is 12.7 Å². The zero-order chi connectivity index (χ0) is 17.1. The van der Waals surface area contributed by atoms with Crippen molar-refractivity contribution in [3.63, 3.8) is 0 Å². The highest BCUT2D eigenvalue weighted by Gasteiger charge is 2.06. The van der Waals surface area contributed by atoms with Crippen LogP contribution in [0.4, 0.5) is 4.39 Å². The SMILES string of the molecule is Cc1nn(-c2ccc(F)cc2)cc1CNCc1ccc(=O)n(C)c1. The third-order valence-electron chi connectivity index (χ3n) is 3.88. The van der Waals surface area contributed by atoms with Gasteiger partial charge in [0.1, 0.15) is 5.82 Å². The van der Waals surface area contributed by atoms with Crippen molar-refractivity contribution >= 4 is 0 Å². The summed E-state index contributed by atoms with van der Waals surface area (Å²) in [6.45, 7) is 3.27. The smallest absolute Gasteiger partial charge is 0.250 e. The van der Waals surface area contributed by atoms with Crippen LogP contribution < -0.4 is 10.9 Å². The van der Waals surface area contributed by atoms with Crippen LogP contribution in [0.1, 0.15) is 16.8 Å². The Labute approximate surface area is 139 Å². The summed E-state index contributed by atoms with van der Waals surface area (Å²) < 4.78 is 16.3. The summed E-state index contributed by atoms with van der Waals surface area (Å²) in [5.41, 5.74) is 3.84. The van der Waals surface area contributed by atoms with E-state index in [2.05, 4.69) is 10.4 Å². The van der Waals surface area contributed by atoms with Gasteiger partial charge in [-0.3, -0.25) is 4.79 Å². The summed E-state index contributed by atoms with van der Waals surface area (Å²) in [7, 11) is 1.74. The predicted octanol–water partition coefficient (Wildman–Crippen LogP) is 2.31. The van der Waals surface area contributed by atoms with Gasteiger partial charge >= 0.3 is 0 Å². The van der Waals surface area contributed by atoms with Crippen LogP contribution in [0.3, 0.4) is 0 Å². The Morgan fingerprint density at radius 1 is 1.08 bits per heavy atom. The molecular formula is C18H19FN4O. The highest BCUT2D eigenvalue weighted by atomic mass is 19.1. The van der Waals surface area contributed by atoms with Gasteiger partial charge in [0.05, 0.1) is 11.4 Å². The third-order valence-corrected chi connectivity index (χ3v) is 3.88. The number of aromatic nitrogens is 3. The molecule has 0 saturated carbocycles. The maximum absolute atomic E-state index is 13.0. The number of nitrogens with one attached hydrogen (secondary N) is 1. The van der Waals surface area contributed by atoms with E-state index in [1.165, 1.54) is 12.1 Å². The first-order chi connectivity index (χ1) is 11.5. The van der Waals surface area contributed by atoms with E-state index < -0.39 is 0 Å². The molecule has 2 heterocycles. The number of hydrogen-bond donors (Lipinski definition) is 1. The number of benzene rings is 1. The fourth-order valence-corrected chi connectivity index (χ4v) is 2.49. The Kier molecular flexibility index (Phi) is 4.57. The summed E-state index contributed by atoms with van der Waals surface area (Å²) in [4.78, 5) is 11.4. The number of hydrogen-bond acceptors (Lipinski definition) is 3. The molecule has 1 aromatic carbocycles. The van der Waals surface area contributed by atoms with Gasteiger partial charge in [-0.2, -0.15) is 5.10 Å². The lowest BCUT2D eigenvalue weighted by Gasteiger charge is -2.05. The molecule has 0 spiro atoms. The molecule has 1 N–H and O–H groups in total. The largest absolute Gasteiger partial charge is 0.318 e. The fourth-order valence-electron chi connectivity index (χ4n) is 2.49. The molecule has 0 bridgehead atoms. The van der Waals surface area contributed by atoms with E-state index >= 15 is 0 Å². The first kappa shape index (κ1) is 16.1. The number of aryl methyl sites for hydroxylation is 2. The van der Waals surface area contributed by atoms with E-state index in [9.17, 15) is 9.18 Å². The molecule has 0 radical (unpaired) electrons. The molecule has 2 aromatic heterocycles. The molecule has 0 aliphatic carbocycles. The topological polar surface area (TPSA) is 51.9 Å². The van der Waals surface area contributed by atoms with Crippen molar-refractivity contribution in [1.29, 1.82) is 0 Å². The first-order valence-corrected chi connectivity index (χ1v) is 7.70. The summed E-state index contributed by atoms with van der Waals surface area (Å²) in [6.07, 6.45) is 3.76. The second-order valence-electron chi connectivity index (χ2n) is 5.75. The molecule has 0 atom stereocenters. The molecule has 0 aliphatic heterocycles. The average Bonchev–Trinajstić information content (AvgIpc) is 2.93. The summed E-state index contributed by atoms with van der Waals surface area (Å²) >= 11 is 0. The molecule has 3 aromatic rings. The molecule has 24 heavy (non-hydrogen) atoms. The van der Waals surface area contributed by atoms with Gasteiger partial charge < -0.3 is 9.88 Å². The van der Waals surface area contributed by atoms with E-state index in [1.807, 2.05) is 25.4 Å².